The molecule has 0 amide bonds. The standard InChI is InChI=1S/C26H23F3N2O3S/c27-26(28,29)34-23-11-7-21(8-12-23)31-22-9-15-25(16-10-22)35(32,33)24-13-5-20(6-14-24)19-3-1-18(17-30)2-4-19/h1-8,11-14,22,25,31H,9-10,15-16H2/t22-,25-. The van der Waals surface area contributed by atoms with Crippen molar-refractivity contribution in [1.29, 1.82) is 5.26 Å². The van der Waals surface area contributed by atoms with Crippen LogP contribution in [0, 0.1) is 11.3 Å². The molecule has 1 aliphatic rings. The van der Waals surface area contributed by atoms with Crippen LogP contribution in [-0.4, -0.2) is 26.1 Å². The van der Waals surface area contributed by atoms with E-state index in [1.807, 2.05) is 12.1 Å². The molecular weight excluding hydrogens is 477 g/mol. The largest absolute Gasteiger partial charge is 0.573 e. The van der Waals surface area contributed by atoms with E-state index in [-0.39, 0.29) is 16.7 Å². The van der Waals surface area contributed by atoms with Crippen LogP contribution in [0.25, 0.3) is 11.1 Å². The van der Waals surface area contributed by atoms with Crippen LogP contribution in [0.5, 0.6) is 5.75 Å². The fourth-order valence-corrected chi connectivity index (χ4v) is 6.07. The van der Waals surface area contributed by atoms with Crippen molar-refractivity contribution in [2.45, 2.75) is 48.2 Å². The number of halogens is 3. The molecule has 0 bridgehead atoms. The summed E-state index contributed by atoms with van der Waals surface area (Å²) in [6, 6.07) is 21.5. The van der Waals surface area contributed by atoms with E-state index in [1.54, 1.807) is 36.4 Å². The molecule has 1 N–H and O–H groups in total. The van der Waals surface area contributed by atoms with Gasteiger partial charge in [0, 0.05) is 11.7 Å². The van der Waals surface area contributed by atoms with Crippen LogP contribution in [0.1, 0.15) is 31.2 Å². The van der Waals surface area contributed by atoms with E-state index < -0.39 is 21.4 Å². The smallest absolute Gasteiger partial charge is 0.406 e. The Morgan fingerprint density at radius 3 is 1.89 bits per heavy atom. The fourth-order valence-electron chi connectivity index (χ4n) is 4.27. The number of anilines is 1. The van der Waals surface area contributed by atoms with Gasteiger partial charge in [-0.2, -0.15) is 5.26 Å². The zero-order valence-corrected chi connectivity index (χ0v) is 19.4. The zero-order valence-electron chi connectivity index (χ0n) is 18.6. The average molecular weight is 501 g/mol. The van der Waals surface area contributed by atoms with Crippen molar-refractivity contribution in [3.8, 4) is 22.9 Å². The van der Waals surface area contributed by atoms with E-state index in [9.17, 15) is 21.6 Å². The first-order chi connectivity index (χ1) is 16.6. The predicted molar refractivity (Wildman–Crippen MR) is 127 cm³/mol. The van der Waals surface area contributed by atoms with Crippen molar-refractivity contribution in [1.82, 2.24) is 0 Å². The first-order valence-electron chi connectivity index (χ1n) is 11.1. The molecule has 1 aliphatic carbocycles. The maximum atomic E-state index is 13.2. The van der Waals surface area contributed by atoms with Gasteiger partial charge in [0.2, 0.25) is 0 Å². The third-order valence-corrected chi connectivity index (χ3v) is 8.38. The van der Waals surface area contributed by atoms with Gasteiger partial charge >= 0.3 is 6.36 Å². The summed E-state index contributed by atoms with van der Waals surface area (Å²) in [4.78, 5) is 0.284. The van der Waals surface area contributed by atoms with E-state index in [0.29, 0.717) is 36.9 Å². The molecule has 0 unspecified atom stereocenters. The predicted octanol–water partition coefficient (Wildman–Crippen LogP) is 6.32. The lowest BCUT2D eigenvalue weighted by atomic mass is 9.95. The van der Waals surface area contributed by atoms with Gasteiger partial charge in [-0.3, -0.25) is 0 Å². The number of alkyl halides is 3. The SMILES string of the molecule is N#Cc1ccc(-c2ccc(S(=O)(=O)[C@H]3CC[C@H](Nc4ccc(OC(F)(F)F)cc4)CC3)cc2)cc1. The summed E-state index contributed by atoms with van der Waals surface area (Å²) in [7, 11) is -3.48. The molecule has 0 saturated heterocycles. The van der Waals surface area contributed by atoms with Gasteiger partial charge in [0.15, 0.2) is 9.84 Å². The van der Waals surface area contributed by atoms with E-state index >= 15 is 0 Å². The summed E-state index contributed by atoms with van der Waals surface area (Å²) in [6.45, 7) is 0. The first-order valence-corrected chi connectivity index (χ1v) is 12.7. The lowest BCUT2D eigenvalue weighted by Crippen LogP contribution is -2.32. The number of benzene rings is 3. The van der Waals surface area contributed by atoms with Gasteiger partial charge in [0.25, 0.3) is 0 Å². The molecule has 0 heterocycles. The van der Waals surface area contributed by atoms with Crippen LogP contribution in [0.4, 0.5) is 18.9 Å². The van der Waals surface area contributed by atoms with Gasteiger partial charge in [-0.25, -0.2) is 8.42 Å². The van der Waals surface area contributed by atoms with E-state index in [0.717, 1.165) is 11.1 Å². The topological polar surface area (TPSA) is 79.2 Å². The van der Waals surface area contributed by atoms with Crippen molar-refractivity contribution in [2.75, 3.05) is 5.32 Å². The molecule has 1 fully saturated rings. The Balaban J connectivity index is 1.34. The molecule has 182 valence electrons. The van der Waals surface area contributed by atoms with Gasteiger partial charge in [0.05, 0.1) is 21.8 Å². The number of nitriles is 1. The highest BCUT2D eigenvalue weighted by molar-refractivity contribution is 7.92. The molecule has 9 heteroatoms. The van der Waals surface area contributed by atoms with Gasteiger partial charge in [-0.05, 0) is 85.3 Å². The molecule has 4 rings (SSSR count). The average Bonchev–Trinajstić information content (AvgIpc) is 2.85. The maximum Gasteiger partial charge on any atom is 0.573 e. The maximum absolute atomic E-state index is 13.2. The van der Waals surface area contributed by atoms with Crippen molar-refractivity contribution >= 4 is 15.5 Å². The number of rotatable bonds is 6. The molecule has 0 aromatic heterocycles. The molecule has 5 nitrogen and oxygen atoms in total. The first kappa shape index (κ1) is 24.6. The Hall–Kier alpha value is -3.51. The van der Waals surface area contributed by atoms with Gasteiger partial charge in [-0.15, -0.1) is 13.2 Å². The van der Waals surface area contributed by atoms with Gasteiger partial charge in [-0.1, -0.05) is 24.3 Å². The highest BCUT2D eigenvalue weighted by atomic mass is 32.2. The zero-order chi connectivity index (χ0) is 25.1. The summed E-state index contributed by atoms with van der Waals surface area (Å²) >= 11 is 0. The van der Waals surface area contributed by atoms with E-state index in [4.69, 9.17) is 5.26 Å². The number of hydrogen-bond donors (Lipinski definition) is 1. The highest BCUT2D eigenvalue weighted by Crippen LogP contribution is 2.32. The second-order valence-electron chi connectivity index (χ2n) is 8.45. The molecule has 0 spiro atoms. The number of ether oxygens (including phenoxy) is 1. The second-order valence-corrected chi connectivity index (χ2v) is 10.7. The normalized spacial score (nSPS) is 18.5. The lowest BCUT2D eigenvalue weighted by molar-refractivity contribution is -0.274. The van der Waals surface area contributed by atoms with Crippen LogP contribution >= 0.6 is 0 Å². The summed E-state index contributed by atoms with van der Waals surface area (Å²) in [5.41, 5.74) is 2.99. The van der Waals surface area contributed by atoms with Crippen molar-refractivity contribution in [3.05, 3.63) is 78.4 Å². The van der Waals surface area contributed by atoms with Crippen molar-refractivity contribution in [2.24, 2.45) is 0 Å². The molecule has 0 aliphatic heterocycles. The molecule has 0 atom stereocenters. The number of nitrogens with one attached hydrogen (secondary N) is 1. The Kier molecular flexibility index (Phi) is 7.03. The van der Waals surface area contributed by atoms with Gasteiger partial charge < -0.3 is 10.1 Å². The summed E-state index contributed by atoms with van der Waals surface area (Å²) in [5.74, 6) is -0.289. The molecule has 0 radical (unpaired) electrons. The van der Waals surface area contributed by atoms with Crippen LogP contribution in [0.3, 0.4) is 0 Å². The van der Waals surface area contributed by atoms with Gasteiger partial charge in [0.1, 0.15) is 5.75 Å². The summed E-state index contributed by atoms with van der Waals surface area (Å²) < 4.78 is 67.1. The third kappa shape index (κ3) is 6.14. The van der Waals surface area contributed by atoms with Crippen LogP contribution < -0.4 is 10.1 Å². The van der Waals surface area contributed by atoms with Crippen molar-refractivity contribution < 1.29 is 26.3 Å². The van der Waals surface area contributed by atoms with Crippen LogP contribution in [0.15, 0.2) is 77.7 Å². The number of hydrogen-bond acceptors (Lipinski definition) is 5. The minimum absolute atomic E-state index is 0.0367. The Labute approximate surface area is 202 Å². The Morgan fingerprint density at radius 2 is 1.37 bits per heavy atom. The Bertz CT molecular complexity index is 1290. The number of nitrogens with zero attached hydrogens (tertiary/aromatic N) is 1. The van der Waals surface area contributed by atoms with Crippen molar-refractivity contribution in [3.63, 3.8) is 0 Å². The second kappa shape index (κ2) is 10.0. The fraction of sp³-hybridized carbons (Fsp3) is 0.269. The highest BCUT2D eigenvalue weighted by Gasteiger charge is 2.33. The molecule has 3 aromatic rings. The molecular formula is C26H23F3N2O3S. The minimum atomic E-state index is -4.73. The third-order valence-electron chi connectivity index (χ3n) is 6.10. The quantitative estimate of drug-likeness (QED) is 0.428. The minimum Gasteiger partial charge on any atom is -0.406 e. The summed E-state index contributed by atoms with van der Waals surface area (Å²) in [5, 5.41) is 11.7. The Morgan fingerprint density at radius 1 is 0.829 bits per heavy atom. The van der Waals surface area contributed by atoms with E-state index in [2.05, 4.69) is 16.1 Å². The monoisotopic (exact) mass is 500 g/mol. The molecule has 1 saturated carbocycles. The summed E-state index contributed by atoms with van der Waals surface area (Å²) in [6.07, 6.45) is -2.48. The van der Waals surface area contributed by atoms with Crippen LogP contribution in [0.2, 0.25) is 0 Å². The van der Waals surface area contributed by atoms with E-state index in [1.165, 1.54) is 24.3 Å². The number of sulfone groups is 1. The van der Waals surface area contributed by atoms with Crippen LogP contribution in [-0.2, 0) is 9.84 Å². The molecule has 35 heavy (non-hydrogen) atoms. The lowest BCUT2D eigenvalue weighted by Gasteiger charge is -2.29. The molecule has 3 aromatic carbocycles.